The Labute approximate surface area is 160 Å². The Bertz CT molecular complexity index is 903. The molecular weight excluding hydrogens is 370 g/mol. The lowest BCUT2D eigenvalue weighted by Crippen LogP contribution is -2.20. The number of carbonyl (C=O) groups excluding carboxylic acids is 2. The Morgan fingerprint density at radius 3 is 2.38 bits per heavy atom. The van der Waals surface area contributed by atoms with Gasteiger partial charge in [0, 0.05) is 30.4 Å². The lowest BCUT2D eigenvalue weighted by atomic mass is 10.2. The average molecular weight is 386 g/mol. The molecule has 2 amide bonds. The van der Waals surface area contributed by atoms with Crippen LogP contribution in [-0.2, 0) is 4.79 Å². The summed E-state index contributed by atoms with van der Waals surface area (Å²) < 4.78 is 0. The summed E-state index contributed by atoms with van der Waals surface area (Å²) in [5, 5.41) is 3.43. The van der Waals surface area contributed by atoms with E-state index in [2.05, 4.69) is 10.3 Å². The molecule has 1 aliphatic rings. The van der Waals surface area contributed by atoms with E-state index in [0.29, 0.717) is 15.5 Å². The first-order valence-corrected chi connectivity index (χ1v) is 8.99. The summed E-state index contributed by atoms with van der Waals surface area (Å²) in [6, 6.07) is 14.3. The molecule has 0 saturated carbocycles. The monoisotopic (exact) mass is 385 g/mol. The first-order chi connectivity index (χ1) is 12.4. The van der Waals surface area contributed by atoms with E-state index in [4.69, 9.17) is 11.6 Å². The van der Waals surface area contributed by atoms with Crippen molar-refractivity contribution in [3.05, 3.63) is 69.6 Å². The summed E-state index contributed by atoms with van der Waals surface area (Å²) >= 11 is 6.95. The smallest absolute Gasteiger partial charge is 0.279 e. The molecule has 1 fully saturated rings. The van der Waals surface area contributed by atoms with Gasteiger partial charge in [0.05, 0.1) is 4.91 Å². The van der Waals surface area contributed by atoms with Gasteiger partial charge in [-0.05, 0) is 59.8 Å². The van der Waals surface area contributed by atoms with Gasteiger partial charge in [-0.15, -0.1) is 0 Å². The van der Waals surface area contributed by atoms with Gasteiger partial charge in [-0.3, -0.25) is 9.59 Å². The zero-order valence-corrected chi connectivity index (χ0v) is 15.8. The second kappa shape index (κ2) is 7.76. The van der Waals surface area contributed by atoms with Crippen LogP contribution in [0.25, 0.3) is 6.08 Å². The Hall–Kier alpha value is -2.57. The quantitative estimate of drug-likeness (QED) is 0.816. The SMILES string of the molecule is CN(C)c1ccc(/C=C2\SC(=NC(=O)c3ccc(Cl)cc3)NC2=O)cc1. The lowest BCUT2D eigenvalue weighted by molar-refractivity contribution is -0.115. The number of carbonyl (C=O) groups is 2. The van der Waals surface area contributed by atoms with Gasteiger partial charge in [-0.1, -0.05) is 23.7 Å². The third-order valence-corrected chi connectivity index (χ3v) is 4.81. The number of rotatable bonds is 3. The van der Waals surface area contributed by atoms with Crippen LogP contribution in [-0.4, -0.2) is 31.1 Å². The number of benzene rings is 2. The van der Waals surface area contributed by atoms with E-state index >= 15 is 0 Å². The van der Waals surface area contributed by atoms with Crippen LogP contribution in [0, 0.1) is 0 Å². The van der Waals surface area contributed by atoms with Crippen molar-refractivity contribution in [3.63, 3.8) is 0 Å². The summed E-state index contributed by atoms with van der Waals surface area (Å²) in [7, 11) is 3.93. The van der Waals surface area contributed by atoms with E-state index in [1.54, 1.807) is 30.3 Å². The number of amidine groups is 1. The maximum atomic E-state index is 12.2. The zero-order valence-electron chi connectivity index (χ0n) is 14.2. The Morgan fingerprint density at radius 2 is 1.77 bits per heavy atom. The van der Waals surface area contributed by atoms with Crippen molar-refractivity contribution < 1.29 is 9.59 Å². The van der Waals surface area contributed by atoms with Gasteiger partial charge >= 0.3 is 0 Å². The zero-order chi connectivity index (χ0) is 18.7. The summed E-state index contributed by atoms with van der Waals surface area (Å²) in [4.78, 5) is 30.7. The van der Waals surface area contributed by atoms with Crippen LogP contribution in [0.15, 0.2) is 58.4 Å². The minimum Gasteiger partial charge on any atom is -0.378 e. The van der Waals surface area contributed by atoms with Crippen LogP contribution in [0.5, 0.6) is 0 Å². The normalized spacial score (nSPS) is 16.8. The molecule has 3 rings (SSSR count). The van der Waals surface area contributed by atoms with E-state index in [9.17, 15) is 9.59 Å². The van der Waals surface area contributed by atoms with Crippen molar-refractivity contribution in [2.75, 3.05) is 19.0 Å². The second-order valence-electron chi connectivity index (χ2n) is 5.78. The minimum atomic E-state index is -0.430. The Morgan fingerprint density at radius 1 is 1.12 bits per heavy atom. The first kappa shape index (κ1) is 18.2. The van der Waals surface area contributed by atoms with Gasteiger partial charge < -0.3 is 10.2 Å². The van der Waals surface area contributed by atoms with Crippen LogP contribution in [0.3, 0.4) is 0 Å². The number of nitrogens with one attached hydrogen (secondary N) is 1. The molecule has 2 aromatic rings. The van der Waals surface area contributed by atoms with Gasteiger partial charge in [0.25, 0.3) is 11.8 Å². The van der Waals surface area contributed by atoms with Gasteiger partial charge in [-0.2, -0.15) is 4.99 Å². The predicted octanol–water partition coefficient (Wildman–Crippen LogP) is 3.81. The van der Waals surface area contributed by atoms with Crippen molar-refractivity contribution in [2.45, 2.75) is 0 Å². The molecule has 7 heteroatoms. The number of aliphatic imine (C=N–C) groups is 1. The van der Waals surface area contributed by atoms with Crippen molar-refractivity contribution in [1.29, 1.82) is 0 Å². The molecule has 0 radical (unpaired) electrons. The summed E-state index contributed by atoms with van der Waals surface area (Å²) in [6.45, 7) is 0. The van der Waals surface area contributed by atoms with Crippen molar-refractivity contribution in [3.8, 4) is 0 Å². The van der Waals surface area contributed by atoms with Crippen LogP contribution < -0.4 is 10.2 Å². The van der Waals surface area contributed by atoms with E-state index in [1.807, 2.05) is 43.3 Å². The van der Waals surface area contributed by atoms with E-state index < -0.39 is 5.91 Å². The Balaban J connectivity index is 1.75. The number of halogens is 1. The van der Waals surface area contributed by atoms with Crippen LogP contribution in [0.2, 0.25) is 5.02 Å². The summed E-state index contributed by atoms with van der Waals surface area (Å²) in [5.74, 6) is -0.699. The molecule has 1 N–H and O–H groups in total. The molecule has 1 heterocycles. The molecule has 0 bridgehead atoms. The maximum Gasteiger partial charge on any atom is 0.279 e. The van der Waals surface area contributed by atoms with Gasteiger partial charge in [-0.25, -0.2) is 0 Å². The fraction of sp³-hybridized carbons (Fsp3) is 0.105. The number of amides is 2. The highest BCUT2D eigenvalue weighted by atomic mass is 35.5. The van der Waals surface area contributed by atoms with Gasteiger partial charge in [0.15, 0.2) is 5.17 Å². The number of nitrogens with zero attached hydrogens (tertiary/aromatic N) is 2. The van der Waals surface area contributed by atoms with Gasteiger partial charge in [0.2, 0.25) is 0 Å². The maximum absolute atomic E-state index is 12.2. The minimum absolute atomic E-state index is 0.269. The van der Waals surface area contributed by atoms with E-state index in [1.165, 1.54) is 0 Å². The van der Waals surface area contributed by atoms with Crippen molar-refractivity contribution >= 4 is 52.1 Å². The highest BCUT2D eigenvalue weighted by molar-refractivity contribution is 8.18. The molecule has 2 aromatic carbocycles. The fourth-order valence-electron chi connectivity index (χ4n) is 2.25. The lowest BCUT2D eigenvalue weighted by Gasteiger charge is -2.11. The Kier molecular flexibility index (Phi) is 5.44. The average Bonchev–Trinajstić information content (AvgIpc) is 2.95. The van der Waals surface area contributed by atoms with Crippen molar-refractivity contribution in [2.24, 2.45) is 4.99 Å². The summed E-state index contributed by atoms with van der Waals surface area (Å²) in [5.41, 5.74) is 2.39. The molecule has 0 aromatic heterocycles. The number of thioether (sulfide) groups is 1. The topological polar surface area (TPSA) is 61.8 Å². The summed E-state index contributed by atoms with van der Waals surface area (Å²) in [6.07, 6.45) is 1.77. The molecular formula is C19H16ClN3O2S. The second-order valence-corrected chi connectivity index (χ2v) is 7.25. The number of anilines is 1. The van der Waals surface area contributed by atoms with Crippen LogP contribution in [0.4, 0.5) is 5.69 Å². The highest BCUT2D eigenvalue weighted by Gasteiger charge is 2.24. The standard InChI is InChI=1S/C19H16ClN3O2S/c1-23(2)15-9-3-12(4-10-15)11-16-18(25)22-19(26-16)21-17(24)13-5-7-14(20)8-6-13/h3-11H,1-2H3,(H,21,22,24,25)/b16-11-. The molecule has 1 aliphatic heterocycles. The fourth-order valence-corrected chi connectivity index (χ4v) is 3.20. The van der Waals surface area contributed by atoms with Gasteiger partial charge in [0.1, 0.15) is 0 Å². The molecule has 26 heavy (non-hydrogen) atoms. The van der Waals surface area contributed by atoms with E-state index in [0.717, 1.165) is 23.0 Å². The predicted molar refractivity (Wildman–Crippen MR) is 108 cm³/mol. The highest BCUT2D eigenvalue weighted by Crippen LogP contribution is 2.27. The molecule has 0 spiro atoms. The van der Waals surface area contributed by atoms with Crippen LogP contribution >= 0.6 is 23.4 Å². The third kappa shape index (κ3) is 4.33. The van der Waals surface area contributed by atoms with Crippen LogP contribution in [0.1, 0.15) is 15.9 Å². The van der Waals surface area contributed by atoms with E-state index in [-0.39, 0.29) is 11.1 Å². The molecule has 0 atom stereocenters. The molecule has 1 saturated heterocycles. The number of hydrogen-bond donors (Lipinski definition) is 1. The molecule has 5 nitrogen and oxygen atoms in total. The number of hydrogen-bond acceptors (Lipinski definition) is 4. The molecule has 0 aliphatic carbocycles. The molecule has 132 valence electrons. The largest absolute Gasteiger partial charge is 0.378 e. The molecule has 0 unspecified atom stereocenters. The van der Waals surface area contributed by atoms with Crippen molar-refractivity contribution in [1.82, 2.24) is 5.32 Å². The first-order valence-electron chi connectivity index (χ1n) is 7.79. The third-order valence-electron chi connectivity index (χ3n) is 3.65.